The predicted molar refractivity (Wildman–Crippen MR) is 83.3 cm³/mol. The Morgan fingerprint density at radius 1 is 1.33 bits per heavy atom. The van der Waals surface area contributed by atoms with Crippen molar-refractivity contribution in [3.8, 4) is 11.5 Å². The third-order valence-electron chi connectivity index (χ3n) is 3.81. The highest BCUT2D eigenvalue weighted by molar-refractivity contribution is 6.31. The average molecular weight is 302 g/mol. The normalized spacial score (nSPS) is 15.0. The summed E-state index contributed by atoms with van der Waals surface area (Å²) in [5.41, 5.74) is 8.54. The van der Waals surface area contributed by atoms with E-state index in [1.165, 1.54) is 12.8 Å². The van der Waals surface area contributed by atoms with Crippen molar-refractivity contribution in [1.82, 2.24) is 19.1 Å². The van der Waals surface area contributed by atoms with Crippen LogP contribution in [0.5, 0.6) is 0 Å². The van der Waals surface area contributed by atoms with Crippen LogP contribution in [0.2, 0.25) is 5.02 Å². The largest absolute Gasteiger partial charge is 0.335 e. The molecule has 2 aromatic heterocycles. The predicted octanol–water partition coefficient (Wildman–Crippen LogP) is 2.85. The topological polar surface area (TPSA) is 61.7 Å². The van der Waals surface area contributed by atoms with Gasteiger partial charge in [0.2, 0.25) is 0 Å². The van der Waals surface area contributed by atoms with Crippen LogP contribution in [-0.2, 0) is 6.54 Å². The average Bonchev–Trinajstić information content (AvgIpc) is 3.08. The molecule has 1 fully saturated rings. The molecular weight excluding hydrogens is 286 g/mol. The second-order valence-corrected chi connectivity index (χ2v) is 5.89. The van der Waals surface area contributed by atoms with Gasteiger partial charge < -0.3 is 14.9 Å². The molecule has 0 amide bonds. The van der Waals surface area contributed by atoms with Gasteiger partial charge in [-0.1, -0.05) is 11.6 Å². The molecule has 0 saturated heterocycles. The summed E-state index contributed by atoms with van der Waals surface area (Å²) in [6.07, 6.45) is 6.22. The van der Waals surface area contributed by atoms with Crippen molar-refractivity contribution in [3.63, 3.8) is 0 Å². The molecule has 0 unspecified atom stereocenters. The standard InChI is InChI=1S/C15H16ClN5/c16-10-1-4-14-12(7-10)19-15(21(14)11-2-3-11)13-8-20(6-5-17)9-18-13/h1,4,7-9,11H,2-3,5-6,17H2. The third-order valence-corrected chi connectivity index (χ3v) is 4.05. The first kappa shape index (κ1) is 12.9. The van der Waals surface area contributed by atoms with E-state index in [1.807, 2.05) is 35.3 Å². The molecule has 0 aliphatic heterocycles. The number of hydrogen-bond acceptors (Lipinski definition) is 3. The zero-order valence-electron chi connectivity index (χ0n) is 11.5. The maximum Gasteiger partial charge on any atom is 0.161 e. The first-order valence-corrected chi connectivity index (χ1v) is 7.54. The molecule has 1 aliphatic rings. The van der Waals surface area contributed by atoms with Gasteiger partial charge in [0.25, 0.3) is 0 Å². The van der Waals surface area contributed by atoms with E-state index in [9.17, 15) is 0 Å². The van der Waals surface area contributed by atoms with Gasteiger partial charge in [0.1, 0.15) is 5.69 Å². The third kappa shape index (κ3) is 2.22. The van der Waals surface area contributed by atoms with E-state index in [0.717, 1.165) is 29.1 Å². The Hall–Kier alpha value is -1.85. The van der Waals surface area contributed by atoms with Gasteiger partial charge in [-0.25, -0.2) is 9.97 Å². The zero-order chi connectivity index (χ0) is 14.4. The van der Waals surface area contributed by atoms with Crippen molar-refractivity contribution in [2.75, 3.05) is 6.54 Å². The van der Waals surface area contributed by atoms with Crippen LogP contribution < -0.4 is 5.73 Å². The molecule has 1 aromatic carbocycles. The van der Waals surface area contributed by atoms with Crippen molar-refractivity contribution in [1.29, 1.82) is 0 Å². The number of nitrogens with two attached hydrogens (primary N) is 1. The number of rotatable bonds is 4. The van der Waals surface area contributed by atoms with E-state index in [1.54, 1.807) is 0 Å². The lowest BCUT2D eigenvalue weighted by atomic mass is 10.3. The van der Waals surface area contributed by atoms with Crippen LogP contribution in [0.3, 0.4) is 0 Å². The summed E-state index contributed by atoms with van der Waals surface area (Å²) < 4.78 is 4.29. The molecular formula is C15H16ClN5. The molecule has 108 valence electrons. The molecule has 0 radical (unpaired) electrons. The van der Waals surface area contributed by atoms with Gasteiger partial charge >= 0.3 is 0 Å². The second kappa shape index (κ2) is 4.86. The molecule has 0 bridgehead atoms. The molecule has 6 heteroatoms. The van der Waals surface area contributed by atoms with Crippen LogP contribution in [0, 0.1) is 0 Å². The fourth-order valence-electron chi connectivity index (χ4n) is 2.70. The van der Waals surface area contributed by atoms with E-state index in [-0.39, 0.29) is 0 Å². The summed E-state index contributed by atoms with van der Waals surface area (Å²) in [5.74, 6) is 0.922. The highest BCUT2D eigenvalue weighted by Crippen LogP contribution is 2.41. The van der Waals surface area contributed by atoms with Crippen molar-refractivity contribution in [3.05, 3.63) is 35.7 Å². The zero-order valence-corrected chi connectivity index (χ0v) is 12.3. The Labute approximate surface area is 127 Å². The van der Waals surface area contributed by atoms with Crippen molar-refractivity contribution < 1.29 is 0 Å². The fourth-order valence-corrected chi connectivity index (χ4v) is 2.87. The van der Waals surface area contributed by atoms with Gasteiger partial charge in [-0.2, -0.15) is 0 Å². The Balaban J connectivity index is 1.88. The minimum absolute atomic E-state index is 0.533. The van der Waals surface area contributed by atoms with Gasteiger partial charge in [0, 0.05) is 30.4 Å². The van der Waals surface area contributed by atoms with Crippen LogP contribution in [-0.4, -0.2) is 25.6 Å². The van der Waals surface area contributed by atoms with E-state index < -0.39 is 0 Å². The smallest absolute Gasteiger partial charge is 0.161 e. The lowest BCUT2D eigenvalue weighted by Gasteiger charge is -2.05. The lowest BCUT2D eigenvalue weighted by molar-refractivity contribution is 0.707. The van der Waals surface area contributed by atoms with Gasteiger partial charge in [0.05, 0.1) is 17.4 Å². The number of imidazole rings is 2. The maximum atomic E-state index is 6.08. The summed E-state index contributed by atoms with van der Waals surface area (Å²) in [4.78, 5) is 9.23. The van der Waals surface area contributed by atoms with Crippen molar-refractivity contribution in [2.24, 2.45) is 5.73 Å². The molecule has 2 N–H and O–H groups in total. The van der Waals surface area contributed by atoms with Gasteiger partial charge in [0.15, 0.2) is 5.82 Å². The fraction of sp³-hybridized carbons (Fsp3) is 0.333. The molecule has 21 heavy (non-hydrogen) atoms. The Kier molecular flexibility index (Phi) is 2.97. The first-order chi connectivity index (χ1) is 10.3. The second-order valence-electron chi connectivity index (χ2n) is 5.46. The molecule has 4 rings (SSSR count). The summed E-state index contributed by atoms with van der Waals surface area (Å²) in [6, 6.07) is 6.41. The number of benzene rings is 1. The van der Waals surface area contributed by atoms with E-state index in [4.69, 9.17) is 22.3 Å². The lowest BCUT2D eigenvalue weighted by Crippen LogP contribution is -2.07. The Bertz CT molecular complexity index is 800. The number of nitrogens with zero attached hydrogens (tertiary/aromatic N) is 4. The van der Waals surface area contributed by atoms with Crippen LogP contribution in [0.1, 0.15) is 18.9 Å². The summed E-state index contributed by atoms with van der Waals surface area (Å²) in [7, 11) is 0. The van der Waals surface area contributed by atoms with Gasteiger partial charge in [-0.05, 0) is 31.0 Å². The number of aromatic nitrogens is 4. The van der Waals surface area contributed by atoms with Gasteiger partial charge in [-0.15, -0.1) is 0 Å². The highest BCUT2D eigenvalue weighted by atomic mass is 35.5. The maximum absolute atomic E-state index is 6.08. The van der Waals surface area contributed by atoms with Crippen LogP contribution in [0.15, 0.2) is 30.7 Å². The van der Waals surface area contributed by atoms with E-state index in [2.05, 4.69) is 9.55 Å². The van der Waals surface area contributed by atoms with E-state index >= 15 is 0 Å². The quantitative estimate of drug-likeness (QED) is 0.806. The number of hydrogen-bond donors (Lipinski definition) is 1. The SMILES string of the molecule is NCCn1cnc(-c2nc3cc(Cl)ccc3n2C2CC2)c1. The van der Waals surface area contributed by atoms with Crippen LogP contribution in [0.4, 0.5) is 0 Å². The number of halogens is 1. The molecule has 1 aliphatic carbocycles. The molecule has 0 spiro atoms. The Morgan fingerprint density at radius 2 is 2.19 bits per heavy atom. The first-order valence-electron chi connectivity index (χ1n) is 7.16. The summed E-state index contributed by atoms with van der Waals surface area (Å²) in [5, 5.41) is 0.711. The summed E-state index contributed by atoms with van der Waals surface area (Å²) >= 11 is 6.08. The minimum Gasteiger partial charge on any atom is -0.335 e. The summed E-state index contributed by atoms with van der Waals surface area (Å²) in [6.45, 7) is 1.37. The molecule has 3 aromatic rings. The monoisotopic (exact) mass is 301 g/mol. The van der Waals surface area contributed by atoms with Crippen molar-refractivity contribution >= 4 is 22.6 Å². The number of fused-ring (bicyclic) bond motifs is 1. The molecule has 0 atom stereocenters. The molecule has 1 saturated carbocycles. The molecule has 2 heterocycles. The van der Waals surface area contributed by atoms with E-state index in [0.29, 0.717) is 17.6 Å². The van der Waals surface area contributed by atoms with Gasteiger partial charge in [-0.3, -0.25) is 0 Å². The Morgan fingerprint density at radius 3 is 2.95 bits per heavy atom. The highest BCUT2D eigenvalue weighted by Gasteiger charge is 2.29. The van der Waals surface area contributed by atoms with Crippen LogP contribution >= 0.6 is 11.6 Å². The minimum atomic E-state index is 0.533. The molecule has 5 nitrogen and oxygen atoms in total. The van der Waals surface area contributed by atoms with Crippen molar-refractivity contribution in [2.45, 2.75) is 25.4 Å². The van der Waals surface area contributed by atoms with Crippen LogP contribution in [0.25, 0.3) is 22.6 Å².